The Bertz CT molecular complexity index is 1220. The number of ether oxygens (including phenoxy) is 3. The summed E-state index contributed by atoms with van der Waals surface area (Å²) >= 11 is 0. The zero-order valence-electron chi connectivity index (χ0n) is 16.6. The van der Waals surface area contributed by atoms with Crippen molar-refractivity contribution in [2.45, 2.75) is 18.6 Å². The minimum atomic E-state index is -4.63. The highest BCUT2D eigenvalue weighted by Crippen LogP contribution is 2.51. The van der Waals surface area contributed by atoms with E-state index >= 15 is 0 Å². The van der Waals surface area contributed by atoms with Gasteiger partial charge in [-0.2, -0.15) is 13.2 Å². The van der Waals surface area contributed by atoms with E-state index in [1.165, 1.54) is 30.2 Å². The van der Waals surface area contributed by atoms with E-state index in [0.29, 0.717) is 28.5 Å². The van der Waals surface area contributed by atoms with E-state index in [-0.39, 0.29) is 30.4 Å². The fraction of sp³-hybridized carbons (Fsp3) is 0.227. The molecule has 32 heavy (non-hydrogen) atoms. The van der Waals surface area contributed by atoms with Gasteiger partial charge in [-0.25, -0.2) is 0 Å². The molecule has 2 aliphatic heterocycles. The molecule has 0 spiro atoms. The van der Waals surface area contributed by atoms with E-state index in [4.69, 9.17) is 18.6 Å². The molecule has 0 aliphatic carbocycles. The van der Waals surface area contributed by atoms with Crippen molar-refractivity contribution in [2.75, 3.05) is 18.8 Å². The molecule has 1 amide bonds. The summed E-state index contributed by atoms with van der Waals surface area (Å²) in [7, 11) is 1.45. The molecule has 0 saturated carbocycles. The molecule has 2 aliphatic rings. The van der Waals surface area contributed by atoms with E-state index in [1.807, 2.05) is 0 Å². The summed E-state index contributed by atoms with van der Waals surface area (Å²) in [6, 6.07) is 9.89. The normalized spacial score (nSPS) is 17.1. The largest absolute Gasteiger partial charge is 0.507 e. The van der Waals surface area contributed by atoms with Crippen LogP contribution >= 0.6 is 0 Å². The number of methoxy groups -OCH3 is 1. The highest BCUT2D eigenvalue weighted by atomic mass is 19.4. The first kappa shape index (κ1) is 20.1. The fourth-order valence-electron chi connectivity index (χ4n) is 4.03. The summed E-state index contributed by atoms with van der Waals surface area (Å²) in [5.41, 5.74) is 1.20. The number of hydrogen-bond donors (Lipinski definition) is 1. The number of nitrogens with zero attached hydrogens (tertiary/aromatic N) is 1. The second-order valence-corrected chi connectivity index (χ2v) is 7.28. The van der Waals surface area contributed by atoms with Gasteiger partial charge < -0.3 is 28.6 Å². The molecule has 1 N–H and O–H groups in total. The molecule has 2 aromatic carbocycles. The number of aromatic hydroxyl groups is 1. The zero-order chi connectivity index (χ0) is 22.6. The number of hydrogen-bond acceptors (Lipinski definition) is 6. The summed E-state index contributed by atoms with van der Waals surface area (Å²) in [6.07, 6.45) is -4.63. The first-order chi connectivity index (χ1) is 15.3. The Hall–Kier alpha value is -3.82. The third-order valence-electron chi connectivity index (χ3n) is 5.44. The minimum Gasteiger partial charge on any atom is -0.507 e. The Morgan fingerprint density at radius 1 is 1.16 bits per heavy atom. The van der Waals surface area contributed by atoms with Gasteiger partial charge in [0.1, 0.15) is 17.3 Å². The van der Waals surface area contributed by atoms with Crippen LogP contribution in [0.15, 0.2) is 46.9 Å². The van der Waals surface area contributed by atoms with E-state index in [0.717, 1.165) is 6.07 Å². The van der Waals surface area contributed by atoms with Crippen LogP contribution in [-0.4, -0.2) is 24.9 Å². The van der Waals surface area contributed by atoms with Gasteiger partial charge in [-0.05, 0) is 30.3 Å². The molecule has 0 saturated heterocycles. The molecule has 0 bridgehead atoms. The lowest BCUT2D eigenvalue weighted by molar-refractivity contribution is -0.153. The Morgan fingerprint density at radius 3 is 2.59 bits per heavy atom. The Morgan fingerprint density at radius 2 is 1.91 bits per heavy atom. The van der Waals surface area contributed by atoms with Crippen molar-refractivity contribution < 1.29 is 41.7 Å². The number of benzene rings is 2. The number of alkyl halides is 3. The average Bonchev–Trinajstić information content (AvgIpc) is 3.46. The second-order valence-electron chi connectivity index (χ2n) is 7.28. The maximum absolute atomic E-state index is 13.5. The molecule has 7 nitrogen and oxygen atoms in total. The molecule has 1 aromatic heterocycles. The van der Waals surface area contributed by atoms with Gasteiger partial charge in [0, 0.05) is 17.2 Å². The van der Waals surface area contributed by atoms with Crippen molar-refractivity contribution in [1.82, 2.24) is 0 Å². The van der Waals surface area contributed by atoms with Crippen molar-refractivity contribution in [2.24, 2.45) is 0 Å². The zero-order valence-corrected chi connectivity index (χ0v) is 16.6. The minimum absolute atomic E-state index is 0.0110. The Kier molecular flexibility index (Phi) is 4.47. The fourth-order valence-corrected chi connectivity index (χ4v) is 4.03. The highest BCUT2D eigenvalue weighted by Gasteiger charge is 2.43. The summed E-state index contributed by atoms with van der Waals surface area (Å²) in [4.78, 5) is 14.8. The van der Waals surface area contributed by atoms with Crippen LogP contribution in [0.5, 0.6) is 23.0 Å². The summed E-state index contributed by atoms with van der Waals surface area (Å²) < 4.78 is 59.8. The molecule has 3 aromatic rings. The van der Waals surface area contributed by atoms with Crippen LogP contribution in [0.4, 0.5) is 18.9 Å². The molecule has 1 atom stereocenters. The SMILES string of the molecule is COc1cccc2c1C(c1cc3c(cc1O)OCO3)C(=O)N2Cc1ccc(C(F)(F)F)o1. The lowest BCUT2D eigenvalue weighted by Gasteiger charge is -2.17. The van der Waals surface area contributed by atoms with Gasteiger partial charge in [0.25, 0.3) is 0 Å². The number of carbonyl (C=O) groups is 1. The van der Waals surface area contributed by atoms with E-state index in [9.17, 15) is 23.1 Å². The number of fused-ring (bicyclic) bond motifs is 2. The van der Waals surface area contributed by atoms with Gasteiger partial charge >= 0.3 is 6.18 Å². The first-order valence-electron chi connectivity index (χ1n) is 9.54. The lowest BCUT2D eigenvalue weighted by atomic mass is 9.90. The smallest absolute Gasteiger partial charge is 0.449 e. The molecular formula is C22H16F3NO6. The molecule has 5 rings (SSSR count). The van der Waals surface area contributed by atoms with Crippen LogP contribution < -0.4 is 19.1 Å². The lowest BCUT2D eigenvalue weighted by Crippen LogP contribution is -2.28. The molecule has 1 unspecified atom stereocenters. The van der Waals surface area contributed by atoms with Gasteiger partial charge in [0.2, 0.25) is 18.5 Å². The number of amides is 1. The van der Waals surface area contributed by atoms with Crippen LogP contribution in [0.1, 0.15) is 28.6 Å². The number of phenols is 1. The van der Waals surface area contributed by atoms with Crippen LogP contribution in [0, 0.1) is 0 Å². The number of anilines is 1. The standard InChI is InChI=1S/C22H16F3NO6/c1-29-15-4-2-3-13-20(15)19(12-7-16-17(8-14(12)27)31-10-30-16)21(28)26(13)9-11-5-6-18(32-11)22(23,24)25/h2-8,19,27H,9-10H2,1H3. The number of rotatable bonds is 4. The van der Waals surface area contributed by atoms with Crippen molar-refractivity contribution in [3.63, 3.8) is 0 Å². The topological polar surface area (TPSA) is 81.4 Å². The highest BCUT2D eigenvalue weighted by molar-refractivity contribution is 6.08. The summed E-state index contributed by atoms with van der Waals surface area (Å²) in [5.74, 6) is -1.65. The van der Waals surface area contributed by atoms with E-state index in [1.54, 1.807) is 18.2 Å². The van der Waals surface area contributed by atoms with E-state index in [2.05, 4.69) is 0 Å². The second kappa shape index (κ2) is 7.11. The third kappa shape index (κ3) is 3.10. The van der Waals surface area contributed by atoms with Crippen molar-refractivity contribution in [3.05, 3.63) is 65.1 Å². The molecular weight excluding hydrogens is 431 g/mol. The maximum Gasteiger partial charge on any atom is 0.449 e. The van der Waals surface area contributed by atoms with Crippen LogP contribution in [-0.2, 0) is 17.5 Å². The monoisotopic (exact) mass is 447 g/mol. The number of phenolic OH excluding ortho intramolecular Hbond substituents is 1. The number of carbonyl (C=O) groups excluding carboxylic acids is 1. The van der Waals surface area contributed by atoms with Gasteiger partial charge in [0.15, 0.2) is 11.5 Å². The predicted octanol–water partition coefficient (Wildman–Crippen LogP) is 4.42. The first-order valence-corrected chi connectivity index (χ1v) is 9.54. The summed E-state index contributed by atoms with van der Waals surface area (Å²) in [6.45, 7) is -0.236. The molecule has 166 valence electrons. The molecule has 10 heteroatoms. The average molecular weight is 447 g/mol. The Balaban J connectivity index is 1.59. The molecule has 0 radical (unpaired) electrons. The quantitative estimate of drug-likeness (QED) is 0.638. The van der Waals surface area contributed by atoms with Gasteiger partial charge in [-0.1, -0.05) is 6.07 Å². The number of halogens is 3. The van der Waals surface area contributed by atoms with Crippen molar-refractivity contribution >= 4 is 11.6 Å². The van der Waals surface area contributed by atoms with Gasteiger partial charge in [-0.3, -0.25) is 4.79 Å². The van der Waals surface area contributed by atoms with Gasteiger partial charge in [0.05, 0.1) is 25.3 Å². The predicted molar refractivity (Wildman–Crippen MR) is 104 cm³/mol. The van der Waals surface area contributed by atoms with E-state index < -0.39 is 23.8 Å². The van der Waals surface area contributed by atoms with Crippen molar-refractivity contribution in [3.8, 4) is 23.0 Å². The maximum atomic E-state index is 13.5. The molecule has 0 fully saturated rings. The Labute approximate surface area is 179 Å². The van der Waals surface area contributed by atoms with Crippen LogP contribution in [0.2, 0.25) is 0 Å². The molecule has 3 heterocycles. The third-order valence-corrected chi connectivity index (χ3v) is 5.44. The van der Waals surface area contributed by atoms with Crippen molar-refractivity contribution in [1.29, 1.82) is 0 Å². The number of furan rings is 1. The van der Waals surface area contributed by atoms with Gasteiger partial charge in [-0.15, -0.1) is 0 Å². The van der Waals surface area contributed by atoms with Crippen LogP contribution in [0.3, 0.4) is 0 Å². The van der Waals surface area contributed by atoms with Crippen LogP contribution in [0.25, 0.3) is 0 Å². The summed E-state index contributed by atoms with van der Waals surface area (Å²) in [5, 5.41) is 10.6.